The molecule has 2 aromatic heterocycles. The van der Waals surface area contributed by atoms with Gasteiger partial charge in [-0.1, -0.05) is 184 Å². The molecule has 0 saturated heterocycles. The van der Waals surface area contributed by atoms with E-state index in [1.165, 1.54) is 22.3 Å². The predicted octanol–water partition coefficient (Wildman–Crippen LogP) is 12.6. The summed E-state index contributed by atoms with van der Waals surface area (Å²) in [5, 5.41) is 0. The average molecular weight is 732 g/mol. The first-order valence-corrected chi connectivity index (χ1v) is 19.3. The van der Waals surface area contributed by atoms with Crippen molar-refractivity contribution < 1.29 is 0 Å². The summed E-state index contributed by atoms with van der Waals surface area (Å²) in [5.74, 6) is 2.62. The Morgan fingerprint density at radius 1 is 0.298 bits per heavy atom. The first-order valence-electron chi connectivity index (χ1n) is 19.3. The fourth-order valence-electron chi connectivity index (χ4n) is 8.14. The molecule has 0 spiro atoms. The van der Waals surface area contributed by atoms with E-state index in [0.29, 0.717) is 23.3 Å². The van der Waals surface area contributed by atoms with Gasteiger partial charge in [-0.05, 0) is 51.6 Å². The summed E-state index contributed by atoms with van der Waals surface area (Å²) in [5.41, 5.74) is 14.6. The maximum Gasteiger partial charge on any atom is 0.164 e. The van der Waals surface area contributed by atoms with Crippen molar-refractivity contribution in [2.75, 3.05) is 0 Å². The SMILES string of the molecule is CC1(C)c2ccccc2-c2cccc(-c3nc(-c4ccccc4)nc(-c4cccc(-c5cccc(-c6cc(-c7ccccc7)nc(-c7ccccc7)n6)c5)c4)n3)c21. The number of nitrogens with zero attached hydrogens (tertiary/aromatic N) is 5. The zero-order valence-corrected chi connectivity index (χ0v) is 31.6. The molecule has 0 unspecified atom stereocenters. The van der Waals surface area contributed by atoms with Crippen LogP contribution in [0.15, 0.2) is 188 Å². The quantitative estimate of drug-likeness (QED) is 0.163. The van der Waals surface area contributed by atoms with Gasteiger partial charge in [-0.2, -0.15) is 0 Å². The van der Waals surface area contributed by atoms with Crippen molar-refractivity contribution in [1.82, 2.24) is 24.9 Å². The summed E-state index contributed by atoms with van der Waals surface area (Å²) in [6, 6.07) is 64.9. The zero-order valence-electron chi connectivity index (χ0n) is 31.6. The molecule has 1 aliphatic carbocycles. The lowest BCUT2D eigenvalue weighted by atomic mass is 9.80. The van der Waals surface area contributed by atoms with E-state index in [0.717, 1.165) is 55.9 Å². The van der Waals surface area contributed by atoms with Gasteiger partial charge in [0.1, 0.15) is 0 Å². The van der Waals surface area contributed by atoms with Crippen molar-refractivity contribution in [2.45, 2.75) is 19.3 Å². The van der Waals surface area contributed by atoms with Crippen molar-refractivity contribution in [3.05, 3.63) is 199 Å². The molecule has 57 heavy (non-hydrogen) atoms. The lowest BCUT2D eigenvalue weighted by Gasteiger charge is -2.24. The number of hydrogen-bond acceptors (Lipinski definition) is 5. The van der Waals surface area contributed by atoms with E-state index >= 15 is 0 Å². The number of benzene rings is 7. The van der Waals surface area contributed by atoms with Crippen LogP contribution in [0.25, 0.3) is 90.3 Å². The smallest absolute Gasteiger partial charge is 0.164 e. The summed E-state index contributed by atoms with van der Waals surface area (Å²) in [7, 11) is 0. The molecular formula is C52H37N5. The van der Waals surface area contributed by atoms with Crippen molar-refractivity contribution >= 4 is 0 Å². The van der Waals surface area contributed by atoms with Crippen LogP contribution in [0.2, 0.25) is 0 Å². The van der Waals surface area contributed by atoms with Crippen molar-refractivity contribution in [2.24, 2.45) is 0 Å². The highest BCUT2D eigenvalue weighted by Crippen LogP contribution is 2.51. The standard InChI is InChI=1S/C52H37N5/c1-52(2)44-30-13-12-27-41(44)42-28-16-29-43(47(42)52)51-56-49(36-21-10-5-11-22-36)55-50(57-51)40-26-15-24-38(32-40)37-23-14-25-39(31-37)46-33-45(34-17-6-3-7-18-34)53-48(54-46)35-19-8-4-9-20-35/h3-33H,1-2H3. The lowest BCUT2D eigenvalue weighted by molar-refractivity contribution is 0.661. The molecule has 0 radical (unpaired) electrons. The molecule has 0 fully saturated rings. The Balaban J connectivity index is 1.08. The second-order valence-electron chi connectivity index (χ2n) is 14.9. The third-order valence-electron chi connectivity index (χ3n) is 10.9. The van der Waals surface area contributed by atoms with Crippen LogP contribution in [0.5, 0.6) is 0 Å². The van der Waals surface area contributed by atoms with Gasteiger partial charge in [0.15, 0.2) is 23.3 Å². The molecule has 10 rings (SSSR count). The van der Waals surface area contributed by atoms with Gasteiger partial charge in [0.2, 0.25) is 0 Å². The second-order valence-corrected chi connectivity index (χ2v) is 14.9. The van der Waals surface area contributed by atoms with Crippen LogP contribution in [0.4, 0.5) is 0 Å². The Morgan fingerprint density at radius 3 is 1.39 bits per heavy atom. The number of rotatable bonds is 7. The van der Waals surface area contributed by atoms with Crippen LogP contribution in [0, 0.1) is 0 Å². The van der Waals surface area contributed by atoms with Gasteiger partial charge in [0.25, 0.3) is 0 Å². The first kappa shape index (κ1) is 34.1. The van der Waals surface area contributed by atoms with Gasteiger partial charge >= 0.3 is 0 Å². The number of fused-ring (bicyclic) bond motifs is 3. The predicted molar refractivity (Wildman–Crippen MR) is 231 cm³/mol. The molecule has 0 bridgehead atoms. The monoisotopic (exact) mass is 731 g/mol. The number of aromatic nitrogens is 5. The van der Waals surface area contributed by atoms with Crippen LogP contribution in [-0.4, -0.2) is 24.9 Å². The van der Waals surface area contributed by atoms with Crippen LogP contribution in [0.3, 0.4) is 0 Å². The van der Waals surface area contributed by atoms with Crippen LogP contribution in [0.1, 0.15) is 25.0 Å². The van der Waals surface area contributed by atoms with Crippen molar-refractivity contribution in [3.8, 4) is 90.3 Å². The van der Waals surface area contributed by atoms with Gasteiger partial charge in [0, 0.05) is 38.8 Å². The number of hydrogen-bond donors (Lipinski definition) is 0. The molecule has 0 N–H and O–H groups in total. The summed E-state index contributed by atoms with van der Waals surface area (Å²) < 4.78 is 0. The van der Waals surface area contributed by atoms with E-state index in [-0.39, 0.29) is 5.41 Å². The van der Waals surface area contributed by atoms with Gasteiger partial charge in [0.05, 0.1) is 11.4 Å². The summed E-state index contributed by atoms with van der Waals surface area (Å²) in [6.45, 7) is 4.59. The second kappa shape index (κ2) is 14.0. The van der Waals surface area contributed by atoms with Gasteiger partial charge < -0.3 is 0 Å². The zero-order chi connectivity index (χ0) is 38.3. The fourth-order valence-corrected chi connectivity index (χ4v) is 8.14. The van der Waals surface area contributed by atoms with E-state index in [4.69, 9.17) is 24.9 Å². The molecular weight excluding hydrogens is 695 g/mol. The van der Waals surface area contributed by atoms with E-state index < -0.39 is 0 Å². The average Bonchev–Trinajstić information content (AvgIpc) is 3.53. The molecule has 7 aromatic carbocycles. The third kappa shape index (κ3) is 6.29. The largest absolute Gasteiger partial charge is 0.228 e. The maximum absolute atomic E-state index is 5.24. The molecule has 270 valence electrons. The minimum Gasteiger partial charge on any atom is -0.228 e. The van der Waals surface area contributed by atoms with E-state index in [9.17, 15) is 0 Å². The fraction of sp³-hybridized carbons (Fsp3) is 0.0577. The normalized spacial score (nSPS) is 12.5. The third-order valence-corrected chi connectivity index (χ3v) is 10.9. The summed E-state index contributed by atoms with van der Waals surface area (Å²) in [6.07, 6.45) is 0. The molecule has 0 atom stereocenters. The molecule has 0 aliphatic heterocycles. The minimum absolute atomic E-state index is 0.222. The Labute approximate surface area is 332 Å². The van der Waals surface area contributed by atoms with E-state index in [1.807, 2.05) is 54.6 Å². The molecule has 5 heteroatoms. The highest BCUT2D eigenvalue weighted by molar-refractivity contribution is 5.87. The summed E-state index contributed by atoms with van der Waals surface area (Å²) in [4.78, 5) is 25.6. The van der Waals surface area contributed by atoms with E-state index in [2.05, 4.69) is 147 Å². The van der Waals surface area contributed by atoms with Gasteiger partial charge in [-0.3, -0.25) is 0 Å². The van der Waals surface area contributed by atoms with Crippen molar-refractivity contribution in [1.29, 1.82) is 0 Å². The minimum atomic E-state index is -0.222. The lowest BCUT2D eigenvalue weighted by Crippen LogP contribution is -2.17. The van der Waals surface area contributed by atoms with E-state index in [1.54, 1.807) is 0 Å². The maximum atomic E-state index is 5.24. The highest BCUT2D eigenvalue weighted by Gasteiger charge is 2.38. The van der Waals surface area contributed by atoms with Gasteiger partial charge in [-0.25, -0.2) is 24.9 Å². The van der Waals surface area contributed by atoms with Crippen LogP contribution in [-0.2, 0) is 5.41 Å². The Hall–Kier alpha value is -7.37. The highest BCUT2D eigenvalue weighted by atomic mass is 15.0. The Morgan fingerprint density at radius 2 is 0.719 bits per heavy atom. The molecule has 0 amide bonds. The summed E-state index contributed by atoms with van der Waals surface area (Å²) >= 11 is 0. The van der Waals surface area contributed by atoms with Crippen molar-refractivity contribution in [3.63, 3.8) is 0 Å². The van der Waals surface area contributed by atoms with Crippen LogP contribution < -0.4 is 0 Å². The molecule has 9 aromatic rings. The Kier molecular flexibility index (Phi) is 8.41. The van der Waals surface area contributed by atoms with Gasteiger partial charge in [-0.15, -0.1) is 0 Å². The topological polar surface area (TPSA) is 64.5 Å². The molecule has 1 aliphatic rings. The van der Waals surface area contributed by atoms with Crippen LogP contribution >= 0.6 is 0 Å². The molecule has 0 saturated carbocycles. The first-order chi connectivity index (χ1) is 28.0. The molecule has 5 nitrogen and oxygen atoms in total. The Bertz CT molecular complexity index is 2860. The molecule has 2 heterocycles.